The second-order valence-corrected chi connectivity index (χ2v) is 20.9. The van der Waals surface area contributed by atoms with E-state index in [9.17, 15) is 46.7 Å². The largest absolute Gasteiger partial charge is 0.542 e. The Hall–Kier alpha value is -5.02. The lowest BCUT2D eigenvalue weighted by atomic mass is 9.94. The van der Waals surface area contributed by atoms with Crippen molar-refractivity contribution in [2.24, 2.45) is 17.6 Å². The first kappa shape index (κ1) is 58.1. The fourth-order valence-electron chi connectivity index (χ4n) is 8.01. The molecule has 0 radical (unpaired) electrons. The number of nitrogens with zero attached hydrogens (tertiary/aromatic N) is 3. The quantitative estimate of drug-likeness (QED) is 0.0859. The molecule has 0 aromatic heterocycles. The van der Waals surface area contributed by atoms with Crippen molar-refractivity contribution in [2.75, 3.05) is 39.3 Å². The number of piperidine rings is 1. The number of alkyl halides is 3. The van der Waals surface area contributed by atoms with E-state index in [0.717, 1.165) is 45.3 Å². The van der Waals surface area contributed by atoms with Crippen LogP contribution in [0.2, 0.25) is 0 Å². The third kappa shape index (κ3) is 18.2. The number of carboxylic acids is 1. The third-order valence-corrected chi connectivity index (χ3v) is 11.6. The Bertz CT molecular complexity index is 1840. The predicted octanol–water partition coefficient (Wildman–Crippen LogP) is 0.176. The van der Waals surface area contributed by atoms with Crippen LogP contribution < -0.4 is 42.7 Å². The molecule has 0 bridgehead atoms. The van der Waals surface area contributed by atoms with Crippen LogP contribution in [0.5, 0.6) is 0 Å². The van der Waals surface area contributed by atoms with Gasteiger partial charge in [0.05, 0.1) is 44.2 Å². The molecule has 3 heterocycles. The molecule has 382 valence electrons. The van der Waals surface area contributed by atoms with Gasteiger partial charge in [0.2, 0.25) is 47.2 Å². The predicted molar refractivity (Wildman–Crippen MR) is 242 cm³/mol. The van der Waals surface area contributed by atoms with Gasteiger partial charge in [-0.3, -0.25) is 43.0 Å². The molecular formula is C45H77F3N10O9. The molecule has 19 nitrogen and oxygen atoms in total. The van der Waals surface area contributed by atoms with E-state index >= 15 is 0 Å². The van der Waals surface area contributed by atoms with E-state index in [4.69, 9.17) is 15.6 Å². The lowest BCUT2D eigenvalue weighted by Gasteiger charge is -2.41. The SMILES string of the molecule is CC(C)C[C@@H](CN1CCC[N+]2=C1CCC2)NC(=O)C(C)(C)NC(=O)[C@H](CC(C)C)NC(=O)CNC(=O)C(C)(C)NC(=O)[C@@H]1CCCCN1C(=O)C(C)(C)NC(=O)C(C)(C)N.O=C([O-])C(F)(F)F. The van der Waals surface area contributed by atoms with Crippen LogP contribution in [0.25, 0.3) is 0 Å². The van der Waals surface area contributed by atoms with E-state index in [1.54, 1.807) is 27.7 Å². The van der Waals surface area contributed by atoms with Gasteiger partial charge in [-0.05, 0) is 106 Å². The number of hydrogen-bond acceptors (Lipinski definition) is 11. The topological polar surface area (TPSA) is 267 Å². The van der Waals surface area contributed by atoms with Crippen molar-refractivity contribution < 1.29 is 61.2 Å². The van der Waals surface area contributed by atoms with Crippen LogP contribution in [0, 0.1) is 11.8 Å². The van der Waals surface area contributed by atoms with E-state index in [1.165, 1.54) is 38.4 Å². The van der Waals surface area contributed by atoms with E-state index in [-0.39, 0.29) is 30.8 Å². The monoisotopic (exact) mass is 959 g/mol. The summed E-state index contributed by atoms with van der Waals surface area (Å²) >= 11 is 0. The third-order valence-electron chi connectivity index (χ3n) is 11.6. The van der Waals surface area contributed by atoms with Gasteiger partial charge in [-0.2, -0.15) is 13.2 Å². The first-order valence-corrected chi connectivity index (χ1v) is 23.2. The number of likely N-dealkylation sites (tertiary alicyclic amines) is 1. The number of amidine groups is 1. The van der Waals surface area contributed by atoms with E-state index in [0.29, 0.717) is 31.7 Å². The lowest BCUT2D eigenvalue weighted by molar-refractivity contribution is -0.530. The summed E-state index contributed by atoms with van der Waals surface area (Å²) in [5, 5.41) is 25.6. The fourth-order valence-corrected chi connectivity index (χ4v) is 8.01. The van der Waals surface area contributed by atoms with Crippen molar-refractivity contribution in [2.45, 2.75) is 181 Å². The number of aliphatic carboxylic acids is 1. The highest BCUT2D eigenvalue weighted by Gasteiger charge is 2.44. The molecule has 3 rings (SSSR count). The van der Waals surface area contributed by atoms with Crippen LogP contribution in [-0.4, -0.2) is 153 Å². The Morgan fingerprint density at radius 2 is 1.30 bits per heavy atom. The molecule has 3 aliphatic heterocycles. The summed E-state index contributed by atoms with van der Waals surface area (Å²) in [5.74, 6) is -4.93. The van der Waals surface area contributed by atoms with Gasteiger partial charge in [0.1, 0.15) is 41.2 Å². The summed E-state index contributed by atoms with van der Waals surface area (Å²) in [5.41, 5.74) is 0.581. The number of carbonyl (C=O) groups is 8. The van der Waals surface area contributed by atoms with Crippen LogP contribution >= 0.6 is 0 Å². The molecule has 1 saturated heterocycles. The Labute approximate surface area is 393 Å². The number of nitrogens with one attached hydrogen (secondary N) is 6. The zero-order valence-electron chi connectivity index (χ0n) is 41.5. The summed E-state index contributed by atoms with van der Waals surface area (Å²) in [6.07, 6.45) is 0.844. The Morgan fingerprint density at radius 1 is 0.731 bits per heavy atom. The van der Waals surface area contributed by atoms with Crippen LogP contribution in [0.3, 0.4) is 0 Å². The fraction of sp³-hybridized carbons (Fsp3) is 0.800. The number of carbonyl (C=O) groups excluding carboxylic acids is 8. The van der Waals surface area contributed by atoms with Gasteiger partial charge in [0.15, 0.2) is 0 Å². The minimum atomic E-state index is -5.19. The van der Waals surface area contributed by atoms with E-state index < -0.39 is 88.4 Å². The number of hydrogen-bond donors (Lipinski definition) is 7. The Morgan fingerprint density at radius 3 is 1.85 bits per heavy atom. The summed E-state index contributed by atoms with van der Waals surface area (Å²) in [7, 11) is 0. The van der Waals surface area contributed by atoms with Crippen LogP contribution in [-0.2, 0) is 38.4 Å². The van der Waals surface area contributed by atoms with Gasteiger partial charge in [-0.25, -0.2) is 0 Å². The standard InChI is InChI=1S/C43H76N10O7.C2HF3O2/c1-27(2)23-29(26-52-21-16-20-51-19-15-18-33(51)52)46-38(59)42(9,10)48-34(55)30(24-28(3)4)47-32(54)25-45-37(58)41(7,8)49-35(56)31-17-13-14-22-53(31)39(60)43(11,12)50-36(57)40(5,6)44;3-2(4,5)1(6)7/h27-31H,13-26,44H2,1-12H3,(H5-,45,46,47,48,49,50,54,55,56,57,58,59);(H,6,7)/t29-,30-,31-;/m0./s1. The van der Waals surface area contributed by atoms with Crippen molar-refractivity contribution in [3.05, 3.63) is 0 Å². The number of rotatable bonds is 19. The van der Waals surface area contributed by atoms with Crippen LogP contribution in [0.4, 0.5) is 13.2 Å². The van der Waals surface area contributed by atoms with Crippen LogP contribution in [0.15, 0.2) is 0 Å². The van der Waals surface area contributed by atoms with E-state index in [1.807, 2.05) is 13.8 Å². The van der Waals surface area contributed by atoms with Gasteiger partial charge in [0.25, 0.3) is 0 Å². The minimum Gasteiger partial charge on any atom is -0.542 e. The Balaban J connectivity index is 0.00000203. The summed E-state index contributed by atoms with van der Waals surface area (Å²) in [6.45, 7) is 24.1. The maximum absolute atomic E-state index is 13.8. The second-order valence-electron chi connectivity index (χ2n) is 20.9. The van der Waals surface area contributed by atoms with Gasteiger partial charge < -0.3 is 52.4 Å². The maximum atomic E-state index is 13.8. The first-order valence-electron chi connectivity index (χ1n) is 23.2. The molecule has 67 heavy (non-hydrogen) atoms. The minimum absolute atomic E-state index is 0.00919. The number of carboxylic acid groups (broad SMARTS) is 1. The van der Waals surface area contributed by atoms with Crippen molar-refractivity contribution in [1.82, 2.24) is 41.7 Å². The van der Waals surface area contributed by atoms with Gasteiger partial charge in [0, 0.05) is 13.0 Å². The van der Waals surface area contributed by atoms with Crippen molar-refractivity contribution >= 4 is 53.2 Å². The first-order chi connectivity index (χ1) is 30.6. The molecule has 3 aliphatic rings. The molecule has 3 atom stereocenters. The molecule has 0 aromatic carbocycles. The van der Waals surface area contributed by atoms with Crippen molar-refractivity contribution in [3.63, 3.8) is 0 Å². The van der Waals surface area contributed by atoms with Crippen molar-refractivity contribution in [1.29, 1.82) is 0 Å². The number of halogens is 3. The zero-order chi connectivity index (χ0) is 51.5. The highest BCUT2D eigenvalue weighted by molar-refractivity contribution is 5.99. The van der Waals surface area contributed by atoms with E-state index in [2.05, 4.69) is 55.2 Å². The van der Waals surface area contributed by atoms with Gasteiger partial charge in [-0.1, -0.05) is 27.7 Å². The average molecular weight is 959 g/mol. The molecule has 0 spiro atoms. The van der Waals surface area contributed by atoms with Crippen LogP contribution in [0.1, 0.15) is 134 Å². The summed E-state index contributed by atoms with van der Waals surface area (Å²) < 4.78 is 34.0. The van der Waals surface area contributed by atoms with Gasteiger partial charge >= 0.3 is 6.18 Å². The molecule has 0 aromatic rings. The summed E-state index contributed by atoms with van der Waals surface area (Å²) in [6, 6.07) is -2.00. The molecule has 0 unspecified atom stereocenters. The average Bonchev–Trinajstić information content (AvgIpc) is 3.68. The maximum Gasteiger partial charge on any atom is 0.430 e. The lowest BCUT2D eigenvalue weighted by Crippen LogP contribution is -2.66. The zero-order valence-corrected chi connectivity index (χ0v) is 41.5. The molecule has 0 aliphatic carbocycles. The smallest absolute Gasteiger partial charge is 0.430 e. The van der Waals surface area contributed by atoms with Crippen molar-refractivity contribution in [3.8, 4) is 0 Å². The molecule has 8 N–H and O–H groups in total. The molecular weight excluding hydrogens is 882 g/mol. The molecule has 7 amide bonds. The molecule has 22 heteroatoms. The Kier molecular flexibility index (Phi) is 20.7. The molecule has 0 saturated carbocycles. The highest BCUT2D eigenvalue weighted by atomic mass is 19.4. The summed E-state index contributed by atoms with van der Waals surface area (Å²) in [4.78, 5) is 107. The normalized spacial score (nSPS) is 17.9. The van der Waals surface area contributed by atoms with Gasteiger partial charge in [-0.15, -0.1) is 0 Å². The highest BCUT2D eigenvalue weighted by Crippen LogP contribution is 2.23. The second kappa shape index (κ2) is 23.8. The number of amides is 7. The number of nitrogens with two attached hydrogens (primary N) is 1. The molecule has 1 fully saturated rings.